The van der Waals surface area contributed by atoms with Crippen LogP contribution in [0.25, 0.3) is 0 Å². The van der Waals surface area contributed by atoms with E-state index >= 15 is 0 Å². The molecule has 3 aromatic rings. The number of benzene rings is 2. The third-order valence-corrected chi connectivity index (χ3v) is 8.28. The van der Waals surface area contributed by atoms with Gasteiger partial charge in [0.1, 0.15) is 5.75 Å². The van der Waals surface area contributed by atoms with Gasteiger partial charge in [0.2, 0.25) is 10.0 Å². The van der Waals surface area contributed by atoms with Crippen LogP contribution >= 0.6 is 34.9 Å². The van der Waals surface area contributed by atoms with Gasteiger partial charge in [-0.05, 0) is 41.3 Å². The zero-order valence-electron chi connectivity index (χ0n) is 16.6. The van der Waals surface area contributed by atoms with E-state index in [-0.39, 0.29) is 4.90 Å². The molecule has 0 aliphatic heterocycles. The van der Waals surface area contributed by atoms with Gasteiger partial charge in [-0.15, -0.1) is 10.2 Å². The van der Waals surface area contributed by atoms with E-state index < -0.39 is 10.0 Å². The molecule has 0 bridgehead atoms. The average molecular weight is 482 g/mol. The summed E-state index contributed by atoms with van der Waals surface area (Å²) in [5.74, 6) is 2.72. The maximum Gasteiger partial charge on any atom is 0.238 e. The van der Waals surface area contributed by atoms with E-state index in [0.717, 1.165) is 14.4 Å². The molecular formula is C20H23N3O3S4. The largest absolute Gasteiger partial charge is 0.493 e. The van der Waals surface area contributed by atoms with Crippen molar-refractivity contribution in [3.63, 3.8) is 0 Å². The summed E-state index contributed by atoms with van der Waals surface area (Å²) in [7, 11) is -3.68. The molecule has 0 atom stereocenters. The Balaban J connectivity index is 1.40. The van der Waals surface area contributed by atoms with Crippen LogP contribution < -0.4 is 9.88 Å². The van der Waals surface area contributed by atoms with Crippen LogP contribution in [0.1, 0.15) is 30.9 Å². The fraction of sp³-hybridized carbons (Fsp3) is 0.300. The molecule has 0 radical (unpaired) electrons. The molecule has 0 aliphatic rings. The Bertz CT molecular complexity index is 1050. The van der Waals surface area contributed by atoms with Gasteiger partial charge < -0.3 is 4.74 Å². The highest BCUT2D eigenvalue weighted by molar-refractivity contribution is 8.02. The summed E-state index contributed by atoms with van der Waals surface area (Å²) in [6.07, 6.45) is 0. The molecule has 0 aliphatic carbocycles. The van der Waals surface area contributed by atoms with Gasteiger partial charge in [-0.2, -0.15) is 0 Å². The molecule has 10 heteroatoms. The third-order valence-electron chi connectivity index (χ3n) is 4.13. The molecule has 0 saturated heterocycles. The highest BCUT2D eigenvalue weighted by atomic mass is 32.2. The van der Waals surface area contributed by atoms with Crippen LogP contribution in [-0.2, 0) is 15.8 Å². The molecule has 0 amide bonds. The summed E-state index contributed by atoms with van der Waals surface area (Å²) in [4.78, 5) is 0.0685. The van der Waals surface area contributed by atoms with Crippen LogP contribution in [0.15, 0.2) is 62.1 Å². The topological polar surface area (TPSA) is 95.2 Å². The van der Waals surface area contributed by atoms with Crippen molar-refractivity contribution in [2.24, 2.45) is 5.14 Å². The SMILES string of the molecule is CC(C)c1ccc(CSc2nnc(SCCOc3ccc(S(N)(=O)=O)cc3)s2)cc1. The number of sulfonamides is 1. The van der Waals surface area contributed by atoms with Crippen LogP contribution in [0.2, 0.25) is 0 Å². The van der Waals surface area contributed by atoms with Gasteiger partial charge in [-0.25, -0.2) is 13.6 Å². The number of hydrogen-bond acceptors (Lipinski definition) is 8. The fourth-order valence-electron chi connectivity index (χ4n) is 2.47. The Morgan fingerprint density at radius 3 is 2.23 bits per heavy atom. The highest BCUT2D eigenvalue weighted by Crippen LogP contribution is 2.31. The van der Waals surface area contributed by atoms with E-state index in [1.807, 2.05) is 0 Å². The van der Waals surface area contributed by atoms with Crippen molar-refractivity contribution in [1.29, 1.82) is 0 Å². The van der Waals surface area contributed by atoms with Gasteiger partial charge in [0, 0.05) is 11.5 Å². The van der Waals surface area contributed by atoms with Crippen molar-refractivity contribution in [3.8, 4) is 5.75 Å². The molecule has 0 spiro atoms. The molecule has 0 unspecified atom stereocenters. The highest BCUT2D eigenvalue weighted by Gasteiger charge is 2.08. The fourth-order valence-corrected chi connectivity index (χ4v) is 5.85. The quantitative estimate of drug-likeness (QED) is 0.329. The van der Waals surface area contributed by atoms with Gasteiger partial charge in [0.15, 0.2) is 8.68 Å². The Labute approximate surface area is 189 Å². The number of primary sulfonamides is 1. The molecule has 1 heterocycles. The van der Waals surface area contributed by atoms with Crippen LogP contribution in [0.3, 0.4) is 0 Å². The molecule has 6 nitrogen and oxygen atoms in total. The maximum absolute atomic E-state index is 11.2. The Kier molecular flexibility index (Phi) is 8.18. The number of nitrogens with two attached hydrogens (primary N) is 1. The van der Waals surface area contributed by atoms with E-state index in [2.05, 4.69) is 48.3 Å². The third kappa shape index (κ3) is 6.98. The first kappa shape index (κ1) is 23.1. The van der Waals surface area contributed by atoms with Gasteiger partial charge >= 0.3 is 0 Å². The normalized spacial score (nSPS) is 11.7. The monoisotopic (exact) mass is 481 g/mol. The van der Waals surface area contributed by atoms with Crippen LogP contribution in [0.4, 0.5) is 0 Å². The van der Waals surface area contributed by atoms with E-state index in [1.165, 1.54) is 23.3 Å². The van der Waals surface area contributed by atoms with Crippen molar-refractivity contribution in [3.05, 3.63) is 59.7 Å². The summed E-state index contributed by atoms with van der Waals surface area (Å²) >= 11 is 4.85. The Morgan fingerprint density at radius 1 is 1.00 bits per heavy atom. The van der Waals surface area contributed by atoms with Crippen LogP contribution in [-0.4, -0.2) is 31.0 Å². The first-order chi connectivity index (χ1) is 14.3. The first-order valence-corrected chi connectivity index (χ1v) is 13.6. The van der Waals surface area contributed by atoms with Gasteiger partial charge in [-0.3, -0.25) is 0 Å². The zero-order chi connectivity index (χ0) is 21.6. The van der Waals surface area contributed by atoms with E-state index in [0.29, 0.717) is 24.0 Å². The van der Waals surface area contributed by atoms with E-state index in [1.54, 1.807) is 47.0 Å². The van der Waals surface area contributed by atoms with Crippen LogP contribution in [0, 0.1) is 0 Å². The second-order valence-corrected chi connectivity index (χ2v) is 11.8. The lowest BCUT2D eigenvalue weighted by Crippen LogP contribution is -2.11. The Morgan fingerprint density at radius 2 is 1.63 bits per heavy atom. The molecule has 0 saturated carbocycles. The lowest BCUT2D eigenvalue weighted by atomic mass is 10.0. The molecule has 2 aromatic carbocycles. The van der Waals surface area contributed by atoms with Gasteiger partial charge in [0.05, 0.1) is 11.5 Å². The minimum Gasteiger partial charge on any atom is -0.493 e. The van der Waals surface area contributed by atoms with E-state index in [4.69, 9.17) is 9.88 Å². The van der Waals surface area contributed by atoms with Gasteiger partial charge in [-0.1, -0.05) is 73.0 Å². The average Bonchev–Trinajstić information content (AvgIpc) is 3.17. The molecule has 0 fully saturated rings. The predicted octanol–water partition coefficient (Wildman–Crippen LogP) is 4.77. The second kappa shape index (κ2) is 10.6. The minimum absolute atomic E-state index is 0.0685. The lowest BCUT2D eigenvalue weighted by Gasteiger charge is -2.06. The summed E-state index contributed by atoms with van der Waals surface area (Å²) in [5.41, 5.74) is 2.62. The number of ether oxygens (including phenoxy) is 1. The molecule has 160 valence electrons. The smallest absolute Gasteiger partial charge is 0.238 e. The summed E-state index contributed by atoms with van der Waals surface area (Å²) in [6.45, 7) is 4.86. The predicted molar refractivity (Wildman–Crippen MR) is 124 cm³/mol. The standard InChI is InChI=1S/C20H23N3O3S4/c1-14(2)16-5-3-15(4-6-16)13-28-20-23-22-19(29-20)27-12-11-26-17-7-9-18(10-8-17)30(21,24)25/h3-10,14H,11-13H2,1-2H3,(H2,21,24,25). The van der Waals surface area contributed by atoms with Crippen molar-refractivity contribution in [1.82, 2.24) is 10.2 Å². The van der Waals surface area contributed by atoms with E-state index in [9.17, 15) is 8.42 Å². The van der Waals surface area contributed by atoms with Crippen molar-refractivity contribution in [2.45, 2.75) is 39.1 Å². The first-order valence-electron chi connectivity index (χ1n) is 9.25. The number of rotatable bonds is 10. The lowest BCUT2D eigenvalue weighted by molar-refractivity contribution is 0.343. The maximum atomic E-state index is 11.2. The summed E-state index contributed by atoms with van der Waals surface area (Å²) in [5, 5.41) is 13.6. The van der Waals surface area contributed by atoms with Crippen molar-refractivity contribution < 1.29 is 13.2 Å². The van der Waals surface area contributed by atoms with Gasteiger partial charge in [0.25, 0.3) is 0 Å². The summed E-state index contributed by atoms with van der Waals surface area (Å²) in [6, 6.07) is 14.8. The number of hydrogen-bond donors (Lipinski definition) is 1. The number of thioether (sulfide) groups is 2. The molecule has 2 N–H and O–H groups in total. The molecular weight excluding hydrogens is 459 g/mol. The van der Waals surface area contributed by atoms with Crippen molar-refractivity contribution >= 4 is 44.9 Å². The van der Waals surface area contributed by atoms with Crippen molar-refractivity contribution in [2.75, 3.05) is 12.4 Å². The minimum atomic E-state index is -3.68. The van der Waals surface area contributed by atoms with Crippen LogP contribution in [0.5, 0.6) is 5.75 Å². The molecule has 1 aromatic heterocycles. The molecule has 30 heavy (non-hydrogen) atoms. The number of nitrogens with zero attached hydrogens (tertiary/aromatic N) is 2. The Hall–Kier alpha value is -1.59. The zero-order valence-corrected chi connectivity index (χ0v) is 19.9. The molecule has 3 rings (SSSR count). The summed E-state index contributed by atoms with van der Waals surface area (Å²) < 4.78 is 30.0. The number of aromatic nitrogens is 2. The second-order valence-electron chi connectivity index (χ2n) is 6.73.